The molecule has 0 spiro atoms. The van der Waals surface area contributed by atoms with E-state index < -0.39 is 11.6 Å². The van der Waals surface area contributed by atoms with Gasteiger partial charge in [0.15, 0.2) is 11.6 Å². The minimum atomic E-state index is -0.736. The molecular weight excluding hydrogens is 376 g/mol. The monoisotopic (exact) mass is 405 g/mol. The molecule has 0 aliphatic heterocycles. The van der Waals surface area contributed by atoms with E-state index in [-0.39, 0.29) is 41.6 Å². The summed E-state index contributed by atoms with van der Waals surface area (Å²) in [4.78, 5) is 26.4. The summed E-state index contributed by atoms with van der Waals surface area (Å²) in [6.07, 6.45) is 6.82. The maximum atomic E-state index is 14.0. The van der Waals surface area contributed by atoms with Crippen molar-refractivity contribution in [1.82, 2.24) is 5.32 Å². The number of carbonyl (C=O) groups excluding carboxylic acids is 2. The maximum absolute atomic E-state index is 14.0. The Labute approximate surface area is 170 Å². The Morgan fingerprint density at radius 3 is 2.03 bits per heavy atom. The molecule has 7 heteroatoms. The fourth-order valence-electron chi connectivity index (χ4n) is 6.15. The second-order valence-corrected chi connectivity index (χ2v) is 9.43. The van der Waals surface area contributed by atoms with Gasteiger partial charge < -0.3 is 15.5 Å². The fourth-order valence-corrected chi connectivity index (χ4v) is 6.15. The first kappa shape index (κ1) is 20.1. The molecule has 0 saturated heterocycles. The molecule has 0 atom stereocenters. The molecule has 0 aromatic heterocycles. The Morgan fingerprint density at radius 1 is 1.03 bits per heavy atom. The zero-order valence-electron chi connectivity index (χ0n) is 17.1. The van der Waals surface area contributed by atoms with Crippen molar-refractivity contribution in [2.24, 2.45) is 23.2 Å². The predicted molar refractivity (Wildman–Crippen MR) is 108 cm³/mol. The molecule has 4 bridgehead atoms. The van der Waals surface area contributed by atoms with Gasteiger partial charge in [0.1, 0.15) is 5.69 Å². The molecule has 0 heterocycles. The average molecular weight is 405 g/mol. The molecule has 5 nitrogen and oxygen atoms in total. The van der Waals surface area contributed by atoms with Gasteiger partial charge in [-0.05, 0) is 68.4 Å². The van der Waals surface area contributed by atoms with E-state index in [9.17, 15) is 18.4 Å². The highest BCUT2D eigenvalue weighted by Crippen LogP contribution is 2.60. The van der Waals surface area contributed by atoms with Crippen LogP contribution in [0.4, 0.5) is 20.2 Å². The van der Waals surface area contributed by atoms with E-state index in [1.165, 1.54) is 24.2 Å². The van der Waals surface area contributed by atoms with Gasteiger partial charge in [-0.15, -0.1) is 0 Å². The Bertz CT molecular complexity index is 766. The van der Waals surface area contributed by atoms with Gasteiger partial charge in [0.25, 0.3) is 0 Å². The van der Waals surface area contributed by atoms with Crippen molar-refractivity contribution in [1.29, 1.82) is 0 Å². The molecule has 4 aliphatic carbocycles. The standard InChI is InChI=1S/C22H29F2N3O2/c1-27(2)20-17(23)8-16(9-18(20)24)26-19(28)3-4-25-21(29)22-10-13-5-14(11-22)7-15(6-13)12-22/h8-9,13-15H,3-7,10-12H2,1-2H3,(H,25,29)(H,26,28). The molecule has 2 N–H and O–H groups in total. The third-order valence-corrected chi connectivity index (χ3v) is 6.91. The van der Waals surface area contributed by atoms with E-state index >= 15 is 0 Å². The van der Waals surface area contributed by atoms with Crippen molar-refractivity contribution < 1.29 is 18.4 Å². The fraction of sp³-hybridized carbons (Fsp3) is 0.636. The molecular formula is C22H29F2N3O2. The first-order valence-corrected chi connectivity index (χ1v) is 10.5. The predicted octanol–water partition coefficient (Wildman–Crippen LogP) is 3.69. The number of halogens is 2. The van der Waals surface area contributed by atoms with E-state index in [4.69, 9.17) is 0 Å². The number of anilines is 2. The third kappa shape index (κ3) is 3.96. The summed E-state index contributed by atoms with van der Waals surface area (Å²) >= 11 is 0. The quantitative estimate of drug-likeness (QED) is 0.759. The highest BCUT2D eigenvalue weighted by atomic mass is 19.1. The molecule has 0 unspecified atom stereocenters. The van der Waals surface area contributed by atoms with Crippen LogP contribution in [0.5, 0.6) is 0 Å². The largest absolute Gasteiger partial charge is 0.373 e. The summed E-state index contributed by atoms with van der Waals surface area (Å²) < 4.78 is 28.1. The van der Waals surface area contributed by atoms with Gasteiger partial charge in [-0.25, -0.2) is 8.78 Å². The molecule has 2 amide bonds. The van der Waals surface area contributed by atoms with Gasteiger partial charge in [0.2, 0.25) is 11.8 Å². The lowest BCUT2D eigenvalue weighted by molar-refractivity contribution is -0.146. The van der Waals surface area contributed by atoms with Crippen molar-refractivity contribution >= 4 is 23.2 Å². The van der Waals surface area contributed by atoms with E-state index in [1.807, 2.05) is 0 Å². The number of amides is 2. The van der Waals surface area contributed by atoms with Gasteiger partial charge in [-0.3, -0.25) is 9.59 Å². The zero-order chi connectivity index (χ0) is 20.8. The number of benzene rings is 1. The van der Waals surface area contributed by atoms with Crippen LogP contribution in [0.15, 0.2) is 12.1 Å². The Hall–Kier alpha value is -2.18. The number of nitrogens with one attached hydrogen (secondary N) is 2. The lowest BCUT2D eigenvalue weighted by Gasteiger charge is -2.55. The molecule has 4 fully saturated rings. The number of hydrogen-bond acceptors (Lipinski definition) is 3. The van der Waals surface area contributed by atoms with Gasteiger partial charge in [0, 0.05) is 38.2 Å². The molecule has 1 aromatic carbocycles. The van der Waals surface area contributed by atoms with Crippen molar-refractivity contribution in [3.63, 3.8) is 0 Å². The minimum Gasteiger partial charge on any atom is -0.373 e. The van der Waals surface area contributed by atoms with Gasteiger partial charge >= 0.3 is 0 Å². The van der Waals surface area contributed by atoms with Crippen LogP contribution in [0.3, 0.4) is 0 Å². The van der Waals surface area contributed by atoms with Crippen molar-refractivity contribution in [3.8, 4) is 0 Å². The molecule has 4 saturated carbocycles. The average Bonchev–Trinajstić information content (AvgIpc) is 2.59. The Morgan fingerprint density at radius 2 is 1.55 bits per heavy atom. The van der Waals surface area contributed by atoms with Gasteiger partial charge in [-0.1, -0.05) is 0 Å². The summed E-state index contributed by atoms with van der Waals surface area (Å²) in [5.74, 6) is 0.283. The number of rotatable bonds is 6. The topological polar surface area (TPSA) is 61.4 Å². The van der Waals surface area contributed by atoms with Crippen molar-refractivity contribution in [3.05, 3.63) is 23.8 Å². The summed E-state index contributed by atoms with van der Waals surface area (Å²) in [5, 5.41) is 5.46. The van der Waals surface area contributed by atoms with Gasteiger partial charge in [-0.2, -0.15) is 0 Å². The Kier molecular flexibility index (Phi) is 5.25. The van der Waals surface area contributed by atoms with Crippen LogP contribution in [0.1, 0.15) is 44.9 Å². The van der Waals surface area contributed by atoms with E-state index in [0.717, 1.165) is 31.4 Å². The second kappa shape index (κ2) is 7.58. The smallest absolute Gasteiger partial charge is 0.226 e. The molecule has 0 radical (unpaired) electrons. The first-order valence-electron chi connectivity index (χ1n) is 10.5. The lowest BCUT2D eigenvalue weighted by atomic mass is 9.49. The zero-order valence-corrected chi connectivity index (χ0v) is 17.1. The van der Waals surface area contributed by atoms with E-state index in [2.05, 4.69) is 10.6 Å². The molecule has 158 valence electrons. The van der Waals surface area contributed by atoms with E-state index in [1.54, 1.807) is 14.1 Å². The van der Waals surface area contributed by atoms with E-state index in [0.29, 0.717) is 17.8 Å². The lowest BCUT2D eigenvalue weighted by Crippen LogP contribution is -2.53. The highest BCUT2D eigenvalue weighted by molar-refractivity contribution is 5.91. The number of hydrogen-bond donors (Lipinski definition) is 2. The van der Waals surface area contributed by atoms with Crippen LogP contribution in [0, 0.1) is 34.8 Å². The SMILES string of the molecule is CN(C)c1c(F)cc(NC(=O)CCNC(=O)C23CC4CC(CC(C4)C2)C3)cc1F. The van der Waals surface area contributed by atoms with Gasteiger partial charge in [0.05, 0.1) is 0 Å². The molecule has 1 aromatic rings. The molecule has 29 heavy (non-hydrogen) atoms. The van der Waals surface area contributed by atoms with Crippen LogP contribution < -0.4 is 15.5 Å². The summed E-state index contributed by atoms with van der Waals surface area (Å²) in [6, 6.07) is 2.20. The highest BCUT2D eigenvalue weighted by Gasteiger charge is 2.54. The molecule has 5 rings (SSSR count). The van der Waals surface area contributed by atoms with Crippen LogP contribution in [0.2, 0.25) is 0 Å². The summed E-state index contributed by atoms with van der Waals surface area (Å²) in [7, 11) is 3.10. The van der Waals surface area contributed by atoms with Crippen LogP contribution in [-0.4, -0.2) is 32.5 Å². The van der Waals surface area contributed by atoms with Crippen LogP contribution in [-0.2, 0) is 9.59 Å². The maximum Gasteiger partial charge on any atom is 0.226 e. The minimum absolute atomic E-state index is 0.0662. The second-order valence-electron chi connectivity index (χ2n) is 9.43. The van der Waals surface area contributed by atoms with Crippen molar-refractivity contribution in [2.75, 3.05) is 30.9 Å². The first-order chi connectivity index (χ1) is 13.8. The molecule has 4 aliphatic rings. The van der Waals surface area contributed by atoms with Crippen molar-refractivity contribution in [2.45, 2.75) is 44.9 Å². The summed E-state index contributed by atoms with van der Waals surface area (Å²) in [6.45, 7) is 0.229. The third-order valence-electron chi connectivity index (χ3n) is 6.91. The van der Waals surface area contributed by atoms with Crippen LogP contribution in [0.25, 0.3) is 0 Å². The normalized spacial score (nSPS) is 29.6. The summed E-state index contributed by atoms with van der Waals surface area (Å²) in [5.41, 5.74) is -0.312. The van der Waals surface area contributed by atoms with Crippen LogP contribution >= 0.6 is 0 Å². The number of carbonyl (C=O) groups is 2. The number of nitrogens with zero attached hydrogens (tertiary/aromatic N) is 1. The Balaban J connectivity index is 1.29.